The summed E-state index contributed by atoms with van der Waals surface area (Å²) in [6.07, 6.45) is -5.22. The van der Waals surface area contributed by atoms with Crippen LogP contribution in [0.5, 0.6) is 0 Å². The largest absolute Gasteiger partial charge is 0.548 e. The molecule has 0 unspecified atom stereocenters. The van der Waals surface area contributed by atoms with E-state index in [1.165, 1.54) is 6.92 Å². The van der Waals surface area contributed by atoms with Gasteiger partial charge in [0, 0.05) is 12.1 Å². The van der Waals surface area contributed by atoms with E-state index in [2.05, 4.69) is 0 Å². The number of anilines is 1. The molecule has 0 aliphatic carbocycles. The van der Waals surface area contributed by atoms with Crippen LogP contribution in [0.4, 0.5) is 30.2 Å². The first-order valence-electron chi connectivity index (χ1n) is 6.00. The summed E-state index contributed by atoms with van der Waals surface area (Å²) in [6, 6.07) is -1.36. The second-order valence-corrected chi connectivity index (χ2v) is 4.33. The van der Waals surface area contributed by atoms with Crippen molar-refractivity contribution in [3.63, 3.8) is 0 Å². The molecule has 0 saturated carbocycles. The number of nitro groups is 2. The molecular formula is C11H9F3N3O6-. The van der Waals surface area contributed by atoms with E-state index in [1.54, 1.807) is 0 Å². The van der Waals surface area contributed by atoms with Crippen molar-refractivity contribution in [3.8, 4) is 0 Å². The minimum atomic E-state index is -5.05. The molecule has 9 nitrogen and oxygen atoms in total. The lowest BCUT2D eigenvalue weighted by Gasteiger charge is -2.19. The van der Waals surface area contributed by atoms with Crippen LogP contribution in [0.15, 0.2) is 12.1 Å². The molecular weight excluding hydrogens is 327 g/mol. The molecule has 1 aromatic rings. The molecule has 0 aromatic heterocycles. The van der Waals surface area contributed by atoms with Gasteiger partial charge in [-0.1, -0.05) is 6.92 Å². The molecule has 126 valence electrons. The summed E-state index contributed by atoms with van der Waals surface area (Å²) in [5.74, 6) is -1.71. The van der Waals surface area contributed by atoms with Crippen LogP contribution in [0.25, 0.3) is 0 Å². The summed E-state index contributed by atoms with van der Waals surface area (Å²) >= 11 is 0. The zero-order valence-electron chi connectivity index (χ0n) is 11.4. The van der Waals surface area contributed by atoms with Crippen LogP contribution >= 0.6 is 0 Å². The molecule has 0 bridgehead atoms. The van der Waals surface area contributed by atoms with Gasteiger partial charge in [-0.05, 0) is 6.42 Å². The minimum Gasteiger partial charge on any atom is -0.548 e. The molecule has 23 heavy (non-hydrogen) atoms. The summed E-state index contributed by atoms with van der Waals surface area (Å²) in [7, 11) is 0. The molecule has 12 heteroatoms. The predicted molar refractivity (Wildman–Crippen MR) is 67.5 cm³/mol. The highest BCUT2D eigenvalue weighted by molar-refractivity contribution is 5.82. The molecule has 1 aromatic carbocycles. The summed E-state index contributed by atoms with van der Waals surface area (Å²) in [5.41, 5.74) is -5.04. The van der Waals surface area contributed by atoms with E-state index in [9.17, 15) is 43.3 Å². The highest BCUT2D eigenvalue weighted by Gasteiger charge is 2.38. The average molecular weight is 336 g/mol. The molecule has 0 aliphatic rings. The lowest BCUT2D eigenvalue weighted by Crippen LogP contribution is -2.40. The third kappa shape index (κ3) is 4.05. The first-order chi connectivity index (χ1) is 10.5. The van der Waals surface area contributed by atoms with Crippen molar-refractivity contribution in [1.29, 1.82) is 0 Å². The van der Waals surface area contributed by atoms with Crippen LogP contribution in [0, 0.1) is 20.2 Å². The SMILES string of the molecule is CC[C@@H](Nc1c([N+](=O)[O-])cc(C(F)(F)F)cc1[N+](=O)[O-])C(=O)[O-]. The number of carbonyl (C=O) groups is 1. The normalized spacial score (nSPS) is 12.5. The molecule has 0 fully saturated rings. The molecule has 1 rings (SSSR count). The van der Waals surface area contributed by atoms with Crippen LogP contribution in [0.2, 0.25) is 0 Å². The van der Waals surface area contributed by atoms with Gasteiger partial charge >= 0.3 is 6.18 Å². The zero-order valence-corrected chi connectivity index (χ0v) is 11.4. The Morgan fingerprint density at radius 3 is 1.91 bits per heavy atom. The predicted octanol–water partition coefficient (Wildman–Crippen LogP) is 1.46. The fourth-order valence-electron chi connectivity index (χ4n) is 1.71. The highest BCUT2D eigenvalue weighted by Crippen LogP contribution is 2.41. The number of hydrogen-bond acceptors (Lipinski definition) is 7. The van der Waals surface area contributed by atoms with Crippen LogP contribution in [-0.2, 0) is 11.0 Å². The van der Waals surface area contributed by atoms with Gasteiger partial charge in [-0.2, -0.15) is 13.2 Å². The summed E-state index contributed by atoms with van der Waals surface area (Å²) in [6.45, 7) is 1.34. The van der Waals surface area contributed by atoms with Gasteiger partial charge in [-0.3, -0.25) is 20.2 Å². The van der Waals surface area contributed by atoms with E-state index in [0.717, 1.165) is 0 Å². The number of nitro benzene ring substituents is 2. The molecule has 0 radical (unpaired) electrons. The van der Waals surface area contributed by atoms with Crippen LogP contribution < -0.4 is 10.4 Å². The number of carboxylic acid groups (broad SMARTS) is 1. The van der Waals surface area contributed by atoms with Gasteiger partial charge < -0.3 is 15.2 Å². The Bertz CT molecular complexity index is 626. The van der Waals surface area contributed by atoms with E-state index in [0.29, 0.717) is 0 Å². The fourth-order valence-corrected chi connectivity index (χ4v) is 1.71. The first kappa shape index (κ1) is 18.1. The number of rotatable bonds is 6. The second-order valence-electron chi connectivity index (χ2n) is 4.33. The number of nitrogens with zero attached hydrogens (tertiary/aromatic N) is 2. The Morgan fingerprint density at radius 2 is 1.65 bits per heavy atom. The number of alkyl halides is 3. The third-order valence-electron chi connectivity index (χ3n) is 2.83. The summed E-state index contributed by atoms with van der Waals surface area (Å²) < 4.78 is 38.1. The van der Waals surface area contributed by atoms with Crippen molar-refractivity contribution in [2.45, 2.75) is 25.6 Å². The van der Waals surface area contributed by atoms with Crippen molar-refractivity contribution in [3.05, 3.63) is 37.9 Å². The number of carbonyl (C=O) groups excluding carboxylic acids is 1. The van der Waals surface area contributed by atoms with E-state index >= 15 is 0 Å². The second kappa shape index (κ2) is 6.46. The standard InChI is InChI=1S/C11H10F3N3O6/c1-2-6(10(18)19)15-9-7(16(20)21)3-5(11(12,13)14)4-8(9)17(22)23/h3-4,6,15H,2H2,1H3,(H,18,19)/p-1/t6-/m1/s1. The van der Waals surface area contributed by atoms with Crippen molar-refractivity contribution >= 4 is 23.0 Å². The smallest absolute Gasteiger partial charge is 0.416 e. The van der Waals surface area contributed by atoms with Gasteiger partial charge in [0.2, 0.25) is 0 Å². The number of nitrogens with one attached hydrogen (secondary N) is 1. The number of benzene rings is 1. The maximum atomic E-state index is 12.7. The quantitative estimate of drug-likeness (QED) is 0.613. The molecule has 0 saturated heterocycles. The molecule has 1 N–H and O–H groups in total. The monoisotopic (exact) mass is 336 g/mol. The molecule has 0 heterocycles. The van der Waals surface area contributed by atoms with E-state index in [1.807, 2.05) is 5.32 Å². The van der Waals surface area contributed by atoms with Crippen molar-refractivity contribution in [2.24, 2.45) is 0 Å². The van der Waals surface area contributed by atoms with Gasteiger partial charge in [0.25, 0.3) is 11.4 Å². The molecule has 0 aliphatic heterocycles. The van der Waals surface area contributed by atoms with Crippen LogP contribution in [-0.4, -0.2) is 21.9 Å². The van der Waals surface area contributed by atoms with Crippen LogP contribution in [0.1, 0.15) is 18.9 Å². The zero-order chi connectivity index (χ0) is 17.9. The van der Waals surface area contributed by atoms with E-state index in [-0.39, 0.29) is 18.6 Å². The number of aliphatic carboxylic acids is 1. The Morgan fingerprint density at radius 1 is 1.22 bits per heavy atom. The maximum Gasteiger partial charge on any atom is 0.416 e. The first-order valence-corrected chi connectivity index (χ1v) is 6.00. The Kier molecular flexibility index (Phi) is 5.09. The fraction of sp³-hybridized carbons (Fsp3) is 0.364. The minimum absolute atomic E-state index is 0.0946. The van der Waals surface area contributed by atoms with E-state index in [4.69, 9.17) is 0 Å². The van der Waals surface area contributed by atoms with Crippen LogP contribution in [0.3, 0.4) is 0 Å². The number of halogens is 3. The van der Waals surface area contributed by atoms with Crippen molar-refractivity contribution < 1.29 is 32.9 Å². The van der Waals surface area contributed by atoms with Crippen molar-refractivity contribution in [1.82, 2.24) is 0 Å². The van der Waals surface area contributed by atoms with Gasteiger partial charge in [-0.15, -0.1) is 0 Å². The summed E-state index contributed by atoms with van der Waals surface area (Å²) in [5, 5.41) is 34.7. The average Bonchev–Trinajstić information content (AvgIpc) is 2.42. The van der Waals surface area contributed by atoms with Gasteiger partial charge in [0.15, 0.2) is 5.69 Å². The van der Waals surface area contributed by atoms with E-state index < -0.39 is 50.7 Å². The third-order valence-corrected chi connectivity index (χ3v) is 2.83. The lowest BCUT2D eigenvalue weighted by atomic mass is 10.1. The lowest BCUT2D eigenvalue weighted by molar-refractivity contribution is -0.392. The van der Waals surface area contributed by atoms with Gasteiger partial charge in [0.05, 0.1) is 27.4 Å². The molecule has 0 spiro atoms. The summed E-state index contributed by atoms with van der Waals surface area (Å²) in [4.78, 5) is 30.1. The Balaban J connectivity index is 3.62. The van der Waals surface area contributed by atoms with Gasteiger partial charge in [-0.25, -0.2) is 0 Å². The van der Waals surface area contributed by atoms with Gasteiger partial charge in [0.1, 0.15) is 0 Å². The number of carboxylic acids is 1. The topological polar surface area (TPSA) is 138 Å². The number of hydrogen-bond donors (Lipinski definition) is 1. The molecule has 0 amide bonds. The molecule has 1 atom stereocenters. The maximum absolute atomic E-state index is 12.7. The Labute approximate surface area is 126 Å². The van der Waals surface area contributed by atoms with Crippen molar-refractivity contribution in [2.75, 3.05) is 5.32 Å². The highest BCUT2D eigenvalue weighted by atomic mass is 19.4. The Hall–Kier alpha value is -2.92.